The summed E-state index contributed by atoms with van der Waals surface area (Å²) in [6.45, 7) is 0. The fourth-order valence-corrected chi connectivity index (χ4v) is 8.22. The minimum absolute atomic E-state index is 0.562. The van der Waals surface area contributed by atoms with Crippen LogP contribution in [0.15, 0.2) is 200 Å². The summed E-state index contributed by atoms with van der Waals surface area (Å²) >= 11 is 0. The van der Waals surface area contributed by atoms with E-state index in [2.05, 4.69) is 191 Å². The molecule has 0 saturated heterocycles. The summed E-state index contributed by atoms with van der Waals surface area (Å²) in [4.78, 5) is 15.9. The molecular formula is C51H33N5. The highest BCUT2D eigenvalue weighted by atomic mass is 15.2. The first-order valence-corrected chi connectivity index (χ1v) is 18.9. The van der Waals surface area contributed by atoms with E-state index < -0.39 is 0 Å². The van der Waals surface area contributed by atoms with Crippen LogP contribution < -0.4 is 0 Å². The summed E-state index contributed by atoms with van der Waals surface area (Å²) in [7, 11) is 0. The average Bonchev–Trinajstić information content (AvgIpc) is 3.79. The Bertz CT molecular complexity index is 3200. The molecule has 8 aromatic carbocycles. The highest BCUT2D eigenvalue weighted by Crippen LogP contribution is 2.38. The Morgan fingerprint density at radius 3 is 1.45 bits per heavy atom. The number of hydrogen-bond donors (Lipinski definition) is 0. The molecule has 0 fully saturated rings. The standard InChI is InChI=1S/C51H33N5/c1-3-16-34(17-4-1)36-20-15-21-37(32-36)38-30-31-42-41-24-9-13-28-46(41)56(48(42)33-38)51-53-49(35-18-5-2-6-19-35)52-50(54-51)43-25-10-14-29-47(43)55-44-26-11-7-22-39(44)40-23-8-12-27-45(40)55/h1-33H. The van der Waals surface area contributed by atoms with E-state index in [1.165, 1.54) is 21.9 Å². The Hall–Kier alpha value is -7.63. The highest BCUT2D eigenvalue weighted by molar-refractivity contribution is 6.11. The number of para-hydroxylation sites is 4. The Morgan fingerprint density at radius 2 is 0.768 bits per heavy atom. The lowest BCUT2D eigenvalue weighted by Gasteiger charge is -2.15. The van der Waals surface area contributed by atoms with Crippen LogP contribution >= 0.6 is 0 Å². The second-order valence-electron chi connectivity index (χ2n) is 14.1. The highest BCUT2D eigenvalue weighted by Gasteiger charge is 2.21. The lowest BCUT2D eigenvalue weighted by Crippen LogP contribution is -2.07. The van der Waals surface area contributed by atoms with Gasteiger partial charge in [-0.15, -0.1) is 0 Å². The molecule has 0 aliphatic heterocycles. The molecule has 0 bridgehead atoms. The molecule has 0 N–H and O–H groups in total. The van der Waals surface area contributed by atoms with Crippen LogP contribution in [0.1, 0.15) is 0 Å². The van der Waals surface area contributed by atoms with Gasteiger partial charge in [-0.25, -0.2) is 4.98 Å². The van der Waals surface area contributed by atoms with Crippen LogP contribution in [-0.4, -0.2) is 24.1 Å². The maximum Gasteiger partial charge on any atom is 0.238 e. The van der Waals surface area contributed by atoms with Crippen molar-refractivity contribution in [2.45, 2.75) is 0 Å². The Kier molecular flexibility index (Phi) is 7.42. The van der Waals surface area contributed by atoms with Crippen LogP contribution in [0.3, 0.4) is 0 Å². The maximum absolute atomic E-state index is 5.39. The van der Waals surface area contributed by atoms with Gasteiger partial charge in [-0.1, -0.05) is 158 Å². The quantitative estimate of drug-likeness (QED) is 0.172. The van der Waals surface area contributed by atoms with Crippen LogP contribution in [0.2, 0.25) is 0 Å². The molecule has 0 unspecified atom stereocenters. The van der Waals surface area contributed by atoms with Gasteiger partial charge in [0.1, 0.15) is 0 Å². The smallest absolute Gasteiger partial charge is 0.238 e. The lowest BCUT2D eigenvalue weighted by molar-refractivity contribution is 0.952. The van der Waals surface area contributed by atoms with Crippen LogP contribution in [0, 0.1) is 0 Å². The molecule has 3 aromatic heterocycles. The van der Waals surface area contributed by atoms with E-state index in [0.717, 1.165) is 60.8 Å². The van der Waals surface area contributed by atoms with Crippen molar-refractivity contribution < 1.29 is 0 Å². The lowest BCUT2D eigenvalue weighted by atomic mass is 9.98. The molecule has 0 radical (unpaired) electrons. The normalized spacial score (nSPS) is 11.6. The van der Waals surface area contributed by atoms with E-state index in [0.29, 0.717) is 17.6 Å². The van der Waals surface area contributed by atoms with Gasteiger partial charge in [0.15, 0.2) is 11.6 Å². The number of aromatic nitrogens is 5. The van der Waals surface area contributed by atoms with Crippen molar-refractivity contribution in [2.75, 3.05) is 0 Å². The molecule has 262 valence electrons. The monoisotopic (exact) mass is 715 g/mol. The van der Waals surface area contributed by atoms with Gasteiger partial charge in [0.2, 0.25) is 5.95 Å². The third-order valence-electron chi connectivity index (χ3n) is 10.8. The van der Waals surface area contributed by atoms with Crippen molar-refractivity contribution >= 4 is 43.6 Å². The molecule has 0 atom stereocenters. The molecule has 5 nitrogen and oxygen atoms in total. The van der Waals surface area contributed by atoms with Gasteiger partial charge in [-0.3, -0.25) is 4.57 Å². The van der Waals surface area contributed by atoms with E-state index in [9.17, 15) is 0 Å². The van der Waals surface area contributed by atoms with Crippen molar-refractivity contribution in [3.05, 3.63) is 200 Å². The van der Waals surface area contributed by atoms with Gasteiger partial charge in [-0.05, 0) is 64.7 Å². The zero-order valence-corrected chi connectivity index (χ0v) is 30.3. The average molecular weight is 716 g/mol. The van der Waals surface area contributed by atoms with Crippen molar-refractivity contribution in [3.8, 4) is 56.7 Å². The molecule has 11 rings (SSSR count). The van der Waals surface area contributed by atoms with Crippen molar-refractivity contribution in [1.29, 1.82) is 0 Å². The molecule has 0 spiro atoms. The first kappa shape index (κ1) is 31.9. The largest absolute Gasteiger partial charge is 0.309 e. The molecular weight excluding hydrogens is 683 g/mol. The van der Waals surface area contributed by atoms with Crippen molar-refractivity contribution in [1.82, 2.24) is 24.1 Å². The van der Waals surface area contributed by atoms with Crippen LogP contribution in [0.4, 0.5) is 0 Å². The minimum atomic E-state index is 0.562. The third kappa shape index (κ3) is 5.21. The van der Waals surface area contributed by atoms with E-state index in [1.54, 1.807) is 0 Å². The van der Waals surface area contributed by atoms with Gasteiger partial charge in [0.25, 0.3) is 0 Å². The summed E-state index contributed by atoms with van der Waals surface area (Å²) in [6, 6.07) is 70.3. The Morgan fingerprint density at radius 1 is 0.286 bits per heavy atom. The van der Waals surface area contributed by atoms with Crippen molar-refractivity contribution in [3.63, 3.8) is 0 Å². The summed E-state index contributed by atoms with van der Waals surface area (Å²) in [5.41, 5.74) is 11.8. The Balaban J connectivity index is 1.16. The summed E-state index contributed by atoms with van der Waals surface area (Å²) in [6.07, 6.45) is 0. The first-order valence-electron chi connectivity index (χ1n) is 18.9. The first-order chi connectivity index (χ1) is 27.8. The van der Waals surface area contributed by atoms with E-state index in [-0.39, 0.29) is 0 Å². The summed E-state index contributed by atoms with van der Waals surface area (Å²) in [5, 5.41) is 4.68. The maximum atomic E-state index is 5.39. The Labute approximate surface area is 323 Å². The van der Waals surface area contributed by atoms with Crippen LogP contribution in [0.25, 0.3) is 100 Å². The third-order valence-corrected chi connectivity index (χ3v) is 10.8. The number of fused-ring (bicyclic) bond motifs is 6. The number of benzene rings is 8. The fourth-order valence-electron chi connectivity index (χ4n) is 8.22. The second-order valence-corrected chi connectivity index (χ2v) is 14.1. The predicted octanol–water partition coefficient (Wildman–Crippen LogP) is 12.7. The predicted molar refractivity (Wildman–Crippen MR) is 230 cm³/mol. The number of hydrogen-bond acceptors (Lipinski definition) is 3. The minimum Gasteiger partial charge on any atom is -0.309 e. The molecule has 0 saturated carbocycles. The molecule has 56 heavy (non-hydrogen) atoms. The van der Waals surface area contributed by atoms with Gasteiger partial charge < -0.3 is 4.57 Å². The second kappa shape index (κ2) is 13.0. The van der Waals surface area contributed by atoms with Gasteiger partial charge in [-0.2, -0.15) is 9.97 Å². The SMILES string of the molecule is c1ccc(-c2cccc(-c3ccc4c5ccccc5n(-c5nc(-c6ccccc6)nc(-c6ccccc6-n6c7ccccc7c7ccccc76)n5)c4c3)c2)cc1. The molecule has 0 aliphatic carbocycles. The molecule has 11 aromatic rings. The number of rotatable bonds is 6. The van der Waals surface area contributed by atoms with Crippen molar-refractivity contribution in [2.24, 2.45) is 0 Å². The number of nitrogens with zero attached hydrogens (tertiary/aromatic N) is 5. The zero-order chi connectivity index (χ0) is 37.0. The topological polar surface area (TPSA) is 48.5 Å². The fraction of sp³-hybridized carbons (Fsp3) is 0. The van der Waals surface area contributed by atoms with Crippen LogP contribution in [0.5, 0.6) is 0 Å². The van der Waals surface area contributed by atoms with Gasteiger partial charge >= 0.3 is 0 Å². The molecule has 5 heteroatoms. The molecule has 3 heterocycles. The van der Waals surface area contributed by atoms with Gasteiger partial charge in [0, 0.05) is 32.7 Å². The molecule has 0 amide bonds. The summed E-state index contributed by atoms with van der Waals surface area (Å²) < 4.78 is 4.54. The van der Waals surface area contributed by atoms with E-state index in [4.69, 9.17) is 15.0 Å². The zero-order valence-electron chi connectivity index (χ0n) is 30.3. The van der Waals surface area contributed by atoms with Crippen LogP contribution in [-0.2, 0) is 0 Å². The molecule has 0 aliphatic rings. The van der Waals surface area contributed by atoms with E-state index >= 15 is 0 Å². The van der Waals surface area contributed by atoms with E-state index in [1.807, 2.05) is 18.2 Å². The van der Waals surface area contributed by atoms with Gasteiger partial charge in [0.05, 0.1) is 27.8 Å². The summed E-state index contributed by atoms with van der Waals surface area (Å²) in [5.74, 6) is 1.77.